The third-order valence-corrected chi connectivity index (χ3v) is 8.79. The van der Waals surface area contributed by atoms with E-state index in [2.05, 4.69) is 0 Å². The minimum absolute atomic E-state index is 0.000864. The van der Waals surface area contributed by atoms with Crippen LogP contribution in [-0.4, -0.2) is 27.9 Å². The van der Waals surface area contributed by atoms with Crippen molar-refractivity contribution in [1.29, 1.82) is 0 Å². The molecule has 1 fully saturated rings. The van der Waals surface area contributed by atoms with E-state index in [1.807, 2.05) is 87.5 Å². The Bertz CT molecular complexity index is 1960. The maximum absolute atomic E-state index is 13.8. The van der Waals surface area contributed by atoms with Crippen LogP contribution in [0.3, 0.4) is 0 Å². The Morgan fingerprint density at radius 3 is 2.58 bits per heavy atom. The number of aliphatic hydroxyl groups excluding tert-OH is 1. The van der Waals surface area contributed by atoms with Crippen LogP contribution in [0.25, 0.3) is 16.0 Å². The molecule has 0 bridgehead atoms. The number of ether oxygens (including phenoxy) is 2. The Morgan fingerprint density at radius 1 is 0.977 bits per heavy atom. The third kappa shape index (κ3) is 4.73. The van der Waals surface area contributed by atoms with Gasteiger partial charge in [-0.3, -0.25) is 14.5 Å². The monoisotopic (exact) mass is 588 g/mol. The van der Waals surface area contributed by atoms with E-state index < -0.39 is 17.7 Å². The fourth-order valence-electron chi connectivity index (χ4n) is 5.90. The van der Waals surface area contributed by atoms with Gasteiger partial charge in [0.15, 0.2) is 5.13 Å². The van der Waals surface area contributed by atoms with Gasteiger partial charge < -0.3 is 14.6 Å². The minimum atomic E-state index is -0.926. The number of carbonyl (C=O) groups excluding carboxylic acids is 2. The molecule has 7 nitrogen and oxygen atoms in total. The van der Waals surface area contributed by atoms with Crippen molar-refractivity contribution in [1.82, 2.24) is 4.98 Å². The lowest BCUT2D eigenvalue weighted by atomic mass is 9.94. The molecule has 0 saturated carbocycles. The second-order valence-corrected chi connectivity index (χ2v) is 12.0. The number of ketones is 1. The first-order valence-electron chi connectivity index (χ1n) is 14.1. The molecular weight excluding hydrogens is 560 g/mol. The topological polar surface area (TPSA) is 89.0 Å². The minimum Gasteiger partial charge on any atom is -0.507 e. The number of para-hydroxylation sites is 1. The Morgan fingerprint density at radius 2 is 1.77 bits per heavy atom. The maximum atomic E-state index is 13.8. The second kappa shape index (κ2) is 10.4. The molecule has 8 heteroatoms. The van der Waals surface area contributed by atoms with E-state index in [0.29, 0.717) is 34.2 Å². The lowest BCUT2D eigenvalue weighted by Crippen LogP contribution is -2.29. The molecule has 1 N–H and O–H groups in total. The molecule has 3 heterocycles. The Balaban J connectivity index is 1.39. The highest BCUT2D eigenvalue weighted by Gasteiger charge is 2.48. The predicted molar refractivity (Wildman–Crippen MR) is 167 cm³/mol. The number of fused-ring (bicyclic) bond motifs is 2. The number of hydrogen-bond acceptors (Lipinski definition) is 7. The van der Waals surface area contributed by atoms with Gasteiger partial charge in [0.25, 0.3) is 5.78 Å². The average Bonchev–Trinajstić information content (AvgIpc) is 3.66. The van der Waals surface area contributed by atoms with E-state index in [-0.39, 0.29) is 17.4 Å². The van der Waals surface area contributed by atoms with Crippen molar-refractivity contribution < 1.29 is 24.2 Å². The molecule has 7 rings (SSSR count). The molecule has 1 saturated heterocycles. The van der Waals surface area contributed by atoms with Crippen LogP contribution in [0.4, 0.5) is 5.13 Å². The summed E-state index contributed by atoms with van der Waals surface area (Å²) in [6, 6.07) is 25.1. The number of hydrogen-bond donors (Lipinski definition) is 1. The van der Waals surface area contributed by atoms with Crippen LogP contribution in [0.1, 0.15) is 40.8 Å². The standard InChI is InChI=1S/C35H28N2O5S/c1-19-14-20(2)30-28(15-19)43-35(36-30)37-31(22-8-7-11-26(18-22)42-25-9-5-4-6-10-25)29(33(39)34(37)40)32(38)23-12-13-27-24(17-23)16-21(3)41-27/h4-15,17-18,21,31,38H,16H2,1-3H3. The molecule has 2 aliphatic heterocycles. The van der Waals surface area contributed by atoms with Crippen LogP contribution in [0.15, 0.2) is 90.5 Å². The highest BCUT2D eigenvalue weighted by atomic mass is 32.1. The van der Waals surface area contributed by atoms with Crippen molar-refractivity contribution >= 4 is 44.1 Å². The first-order chi connectivity index (χ1) is 20.8. The van der Waals surface area contributed by atoms with Gasteiger partial charge in [0, 0.05) is 12.0 Å². The first-order valence-corrected chi connectivity index (χ1v) is 14.9. The zero-order valence-electron chi connectivity index (χ0n) is 23.8. The van der Waals surface area contributed by atoms with Crippen molar-refractivity contribution in [3.05, 3.63) is 118 Å². The highest BCUT2D eigenvalue weighted by Crippen LogP contribution is 2.46. The van der Waals surface area contributed by atoms with E-state index in [1.54, 1.807) is 18.2 Å². The molecule has 2 unspecified atom stereocenters. The van der Waals surface area contributed by atoms with E-state index in [0.717, 1.165) is 32.7 Å². The molecule has 1 aromatic heterocycles. The summed E-state index contributed by atoms with van der Waals surface area (Å²) >= 11 is 1.35. The number of nitrogens with zero attached hydrogens (tertiary/aromatic N) is 2. The molecule has 0 radical (unpaired) electrons. The molecule has 0 aliphatic carbocycles. The Hall–Kier alpha value is -4.95. The Kier molecular flexibility index (Phi) is 6.51. The SMILES string of the molecule is Cc1cc(C)c2nc(N3C(=O)C(=O)C(=C(O)c4ccc5c(c4)CC(C)O5)C3c3cccc(Oc4ccccc4)c3)sc2c1. The summed E-state index contributed by atoms with van der Waals surface area (Å²) in [5.74, 6) is 0.193. The Labute approximate surface area is 252 Å². The number of amides is 1. The number of carbonyl (C=O) groups is 2. The first kappa shape index (κ1) is 26.9. The quantitative estimate of drug-likeness (QED) is 0.129. The molecule has 4 aromatic carbocycles. The van der Waals surface area contributed by atoms with E-state index >= 15 is 0 Å². The van der Waals surface area contributed by atoms with Crippen molar-refractivity contribution in [3.8, 4) is 17.2 Å². The zero-order chi connectivity index (χ0) is 29.8. The summed E-state index contributed by atoms with van der Waals surface area (Å²) in [4.78, 5) is 33.9. The van der Waals surface area contributed by atoms with Crippen LogP contribution in [-0.2, 0) is 16.0 Å². The van der Waals surface area contributed by atoms with Crippen molar-refractivity contribution in [2.24, 2.45) is 0 Å². The molecule has 5 aromatic rings. The molecule has 2 aliphatic rings. The van der Waals surface area contributed by atoms with Crippen LogP contribution >= 0.6 is 11.3 Å². The second-order valence-electron chi connectivity index (χ2n) is 11.0. The maximum Gasteiger partial charge on any atom is 0.301 e. The van der Waals surface area contributed by atoms with Gasteiger partial charge in [-0.25, -0.2) is 4.98 Å². The summed E-state index contributed by atoms with van der Waals surface area (Å²) in [5.41, 5.74) is 4.85. The smallest absolute Gasteiger partial charge is 0.301 e. The number of rotatable bonds is 5. The lowest BCUT2D eigenvalue weighted by Gasteiger charge is -2.23. The van der Waals surface area contributed by atoms with Gasteiger partial charge in [-0.1, -0.05) is 47.7 Å². The molecular formula is C35H28N2O5S. The lowest BCUT2D eigenvalue weighted by molar-refractivity contribution is -0.132. The van der Waals surface area contributed by atoms with Gasteiger partial charge in [0.2, 0.25) is 0 Å². The van der Waals surface area contributed by atoms with Crippen molar-refractivity contribution in [3.63, 3.8) is 0 Å². The number of Topliss-reactive ketones (excluding diaryl/α,β-unsaturated/α-hetero) is 1. The van der Waals surface area contributed by atoms with Gasteiger partial charge in [0.05, 0.1) is 21.8 Å². The number of thiazole rings is 1. The summed E-state index contributed by atoms with van der Waals surface area (Å²) in [5, 5.41) is 12.1. The van der Waals surface area contributed by atoms with Crippen molar-refractivity contribution in [2.45, 2.75) is 39.3 Å². The third-order valence-electron chi connectivity index (χ3n) is 7.79. The fraction of sp³-hybridized carbons (Fsp3) is 0.171. The summed E-state index contributed by atoms with van der Waals surface area (Å²) in [6.07, 6.45) is 0.717. The van der Waals surface area contributed by atoms with E-state index in [1.165, 1.54) is 16.2 Å². The van der Waals surface area contributed by atoms with Gasteiger partial charge in [-0.2, -0.15) is 0 Å². The molecule has 1 amide bonds. The average molecular weight is 589 g/mol. The molecule has 2 atom stereocenters. The van der Waals surface area contributed by atoms with E-state index in [4.69, 9.17) is 14.5 Å². The predicted octanol–water partition coefficient (Wildman–Crippen LogP) is 7.66. The normalized spacial score (nSPS) is 19.1. The van der Waals surface area contributed by atoms with Crippen LogP contribution in [0.2, 0.25) is 0 Å². The molecule has 43 heavy (non-hydrogen) atoms. The van der Waals surface area contributed by atoms with Crippen LogP contribution < -0.4 is 14.4 Å². The van der Waals surface area contributed by atoms with Gasteiger partial charge in [-0.15, -0.1) is 0 Å². The number of anilines is 1. The number of benzene rings is 4. The summed E-state index contributed by atoms with van der Waals surface area (Å²) in [7, 11) is 0. The van der Waals surface area contributed by atoms with Crippen molar-refractivity contribution in [2.75, 3.05) is 4.90 Å². The van der Waals surface area contributed by atoms with Crippen LogP contribution in [0, 0.1) is 13.8 Å². The van der Waals surface area contributed by atoms with Crippen LogP contribution in [0.5, 0.6) is 17.2 Å². The fourth-order valence-corrected chi connectivity index (χ4v) is 7.07. The number of aliphatic hydroxyl groups is 1. The number of aryl methyl sites for hydroxylation is 2. The largest absolute Gasteiger partial charge is 0.507 e. The van der Waals surface area contributed by atoms with Gasteiger partial charge >= 0.3 is 5.91 Å². The highest BCUT2D eigenvalue weighted by molar-refractivity contribution is 7.22. The van der Waals surface area contributed by atoms with E-state index in [9.17, 15) is 14.7 Å². The molecule has 0 spiro atoms. The number of aromatic nitrogens is 1. The van der Waals surface area contributed by atoms with Gasteiger partial charge in [0.1, 0.15) is 29.1 Å². The zero-order valence-corrected chi connectivity index (χ0v) is 24.6. The summed E-state index contributed by atoms with van der Waals surface area (Å²) in [6.45, 7) is 5.97. The molecule has 214 valence electrons. The summed E-state index contributed by atoms with van der Waals surface area (Å²) < 4.78 is 12.8. The van der Waals surface area contributed by atoms with Gasteiger partial charge in [-0.05, 0) is 91.6 Å².